The summed E-state index contributed by atoms with van der Waals surface area (Å²) < 4.78 is 9.50. The summed E-state index contributed by atoms with van der Waals surface area (Å²) in [7, 11) is 0. The Kier molecular flexibility index (Phi) is 17.0. The van der Waals surface area contributed by atoms with Gasteiger partial charge in [0.1, 0.15) is 6.04 Å². The van der Waals surface area contributed by atoms with Gasteiger partial charge in [0.05, 0.1) is 32.5 Å². The van der Waals surface area contributed by atoms with Gasteiger partial charge in [-0.1, -0.05) is 30.3 Å². The molecule has 3 unspecified atom stereocenters. The van der Waals surface area contributed by atoms with Crippen molar-refractivity contribution in [2.75, 3.05) is 33.0 Å². The summed E-state index contributed by atoms with van der Waals surface area (Å²) in [5.74, 6) is -0.488. The van der Waals surface area contributed by atoms with E-state index in [2.05, 4.69) is 19.7 Å². The third-order valence-corrected chi connectivity index (χ3v) is 5.91. The quantitative estimate of drug-likeness (QED) is 0.0888. The second-order valence-corrected chi connectivity index (χ2v) is 8.94. The minimum absolute atomic E-state index is 0.0156. The standard InChI is InChI=1S/C21H31N3O6.C4H7NO5/c1-16-8-6-13-23(16)20(25)17(2)22-19(12-11-18-9-4-3-5-10-18)21(26)29-14-7-15-30-24(27)28;6-4-9-2-1-3-10-5(7)8/h3-5,9-10,16-17,19,22H,6-8,11-15H2,1-2H3;4H,1-3H2. The van der Waals surface area contributed by atoms with Gasteiger partial charge in [0, 0.05) is 25.4 Å². The van der Waals surface area contributed by atoms with Crippen LogP contribution in [0.25, 0.3) is 0 Å². The van der Waals surface area contributed by atoms with Crippen LogP contribution in [-0.4, -0.2) is 84.5 Å². The molecular formula is C25H38N4O11. The molecule has 0 bridgehead atoms. The molecule has 1 heterocycles. The second-order valence-electron chi connectivity index (χ2n) is 8.94. The Labute approximate surface area is 232 Å². The van der Waals surface area contributed by atoms with Crippen LogP contribution in [-0.2, 0) is 40.0 Å². The summed E-state index contributed by atoms with van der Waals surface area (Å²) in [6.45, 7) is 4.81. The van der Waals surface area contributed by atoms with E-state index in [1.807, 2.05) is 42.2 Å². The van der Waals surface area contributed by atoms with Crippen molar-refractivity contribution in [1.82, 2.24) is 10.2 Å². The lowest BCUT2D eigenvalue weighted by Crippen LogP contribution is -2.51. The molecule has 1 saturated heterocycles. The van der Waals surface area contributed by atoms with E-state index in [0.29, 0.717) is 19.3 Å². The average Bonchev–Trinajstić information content (AvgIpc) is 3.36. The second kappa shape index (κ2) is 20.0. The van der Waals surface area contributed by atoms with Crippen LogP contribution in [0.3, 0.4) is 0 Å². The number of carbonyl (C=O) groups is 3. The molecule has 15 nitrogen and oxygen atoms in total. The Hall–Kier alpha value is -4.01. The SMILES string of the molecule is CC(NC(CCc1ccccc1)C(=O)OCCCO[N+](=O)[O-])C(=O)N1CCCC1C.O=COCCCO[N+](=O)[O-]. The van der Waals surface area contributed by atoms with E-state index in [4.69, 9.17) is 4.74 Å². The van der Waals surface area contributed by atoms with Crippen LogP contribution >= 0.6 is 0 Å². The highest BCUT2D eigenvalue weighted by Gasteiger charge is 2.31. The van der Waals surface area contributed by atoms with Crippen molar-refractivity contribution in [3.63, 3.8) is 0 Å². The van der Waals surface area contributed by atoms with Gasteiger partial charge in [0.25, 0.3) is 16.6 Å². The van der Waals surface area contributed by atoms with Gasteiger partial charge in [-0.2, -0.15) is 0 Å². The molecule has 15 heteroatoms. The third-order valence-electron chi connectivity index (χ3n) is 5.91. The summed E-state index contributed by atoms with van der Waals surface area (Å²) >= 11 is 0. The van der Waals surface area contributed by atoms with E-state index in [-0.39, 0.29) is 51.3 Å². The Morgan fingerprint density at radius 1 is 1.07 bits per heavy atom. The number of aryl methyl sites for hydroxylation is 1. The van der Waals surface area contributed by atoms with Crippen molar-refractivity contribution in [1.29, 1.82) is 0 Å². The number of nitrogens with one attached hydrogen (secondary N) is 1. The molecule has 1 aromatic rings. The van der Waals surface area contributed by atoms with Gasteiger partial charge in [-0.3, -0.25) is 19.7 Å². The van der Waals surface area contributed by atoms with Crippen molar-refractivity contribution in [2.45, 2.75) is 70.5 Å². The van der Waals surface area contributed by atoms with Gasteiger partial charge in [-0.25, -0.2) is 0 Å². The Morgan fingerprint density at radius 2 is 1.70 bits per heavy atom. The molecule has 0 spiro atoms. The highest BCUT2D eigenvalue weighted by atomic mass is 17.0. The molecule has 1 aliphatic rings. The summed E-state index contributed by atoms with van der Waals surface area (Å²) in [5, 5.41) is 21.1. The first-order chi connectivity index (χ1) is 19.1. The fourth-order valence-electron chi connectivity index (χ4n) is 3.91. The molecule has 0 aromatic heterocycles. The molecule has 1 aromatic carbocycles. The van der Waals surface area contributed by atoms with Crippen LogP contribution < -0.4 is 5.32 Å². The molecule has 1 amide bonds. The largest absolute Gasteiger partial charge is 0.468 e. The van der Waals surface area contributed by atoms with Gasteiger partial charge in [0.15, 0.2) is 0 Å². The smallest absolute Gasteiger partial charge is 0.323 e. The summed E-state index contributed by atoms with van der Waals surface area (Å²) in [4.78, 5) is 64.6. The number of benzene rings is 1. The molecule has 1 aliphatic heterocycles. The first-order valence-corrected chi connectivity index (χ1v) is 13.0. The monoisotopic (exact) mass is 570 g/mol. The van der Waals surface area contributed by atoms with Gasteiger partial charge < -0.3 is 24.0 Å². The van der Waals surface area contributed by atoms with Crippen LogP contribution in [0.5, 0.6) is 0 Å². The van der Waals surface area contributed by atoms with Crippen LogP contribution in [0.15, 0.2) is 30.3 Å². The van der Waals surface area contributed by atoms with Gasteiger partial charge in [0.2, 0.25) is 5.91 Å². The lowest BCUT2D eigenvalue weighted by atomic mass is 10.0. The fourth-order valence-corrected chi connectivity index (χ4v) is 3.91. The zero-order valence-electron chi connectivity index (χ0n) is 22.8. The number of ether oxygens (including phenoxy) is 2. The van der Waals surface area contributed by atoms with E-state index in [1.165, 1.54) is 0 Å². The molecule has 3 atom stereocenters. The van der Waals surface area contributed by atoms with Crippen molar-refractivity contribution >= 4 is 18.3 Å². The average molecular weight is 571 g/mol. The van der Waals surface area contributed by atoms with E-state index < -0.39 is 28.2 Å². The minimum atomic E-state index is -0.888. The minimum Gasteiger partial charge on any atom is -0.468 e. The van der Waals surface area contributed by atoms with Gasteiger partial charge in [-0.05, 0) is 45.1 Å². The van der Waals surface area contributed by atoms with Crippen LogP contribution in [0, 0.1) is 20.2 Å². The fraction of sp³-hybridized carbons (Fsp3) is 0.640. The van der Waals surface area contributed by atoms with Crippen molar-refractivity contribution in [3.05, 3.63) is 56.1 Å². The molecule has 224 valence electrons. The van der Waals surface area contributed by atoms with E-state index in [0.717, 1.165) is 24.9 Å². The number of hydrogen-bond donors (Lipinski definition) is 1. The lowest BCUT2D eigenvalue weighted by molar-refractivity contribution is -0.757. The molecule has 0 radical (unpaired) electrons. The van der Waals surface area contributed by atoms with E-state index >= 15 is 0 Å². The molecule has 0 saturated carbocycles. The molecule has 0 aliphatic carbocycles. The highest BCUT2D eigenvalue weighted by molar-refractivity contribution is 5.83. The predicted molar refractivity (Wildman–Crippen MR) is 140 cm³/mol. The van der Waals surface area contributed by atoms with Gasteiger partial charge >= 0.3 is 5.97 Å². The first kappa shape index (κ1) is 34.0. The number of amides is 1. The zero-order chi connectivity index (χ0) is 29.8. The van der Waals surface area contributed by atoms with E-state index in [9.17, 15) is 34.6 Å². The summed E-state index contributed by atoms with van der Waals surface area (Å²) in [5.41, 5.74) is 1.09. The van der Waals surface area contributed by atoms with Crippen molar-refractivity contribution in [2.24, 2.45) is 0 Å². The number of nitrogens with zero attached hydrogens (tertiary/aromatic N) is 3. The molecule has 1 fully saturated rings. The predicted octanol–water partition coefficient (Wildman–Crippen LogP) is 1.88. The van der Waals surface area contributed by atoms with Gasteiger partial charge in [-0.15, -0.1) is 20.2 Å². The Morgan fingerprint density at radius 3 is 2.25 bits per heavy atom. The lowest BCUT2D eigenvalue weighted by Gasteiger charge is -2.28. The number of hydrogen-bond acceptors (Lipinski definition) is 12. The van der Waals surface area contributed by atoms with E-state index in [1.54, 1.807) is 6.92 Å². The molecule has 1 N–H and O–H groups in total. The van der Waals surface area contributed by atoms with Crippen LogP contribution in [0.1, 0.15) is 51.5 Å². The summed E-state index contributed by atoms with van der Waals surface area (Å²) in [6, 6.07) is 8.81. The van der Waals surface area contributed by atoms with Crippen molar-refractivity contribution in [3.8, 4) is 0 Å². The summed E-state index contributed by atoms with van der Waals surface area (Å²) in [6.07, 6.45) is 3.66. The third kappa shape index (κ3) is 14.8. The van der Waals surface area contributed by atoms with Crippen molar-refractivity contribution < 1.29 is 43.7 Å². The first-order valence-electron chi connectivity index (χ1n) is 13.0. The Bertz CT molecular complexity index is 919. The Balaban J connectivity index is 0.000000680. The topological polar surface area (TPSA) is 190 Å². The maximum absolute atomic E-state index is 12.8. The van der Waals surface area contributed by atoms with Crippen LogP contribution in [0.4, 0.5) is 0 Å². The molecular weight excluding hydrogens is 532 g/mol. The maximum atomic E-state index is 12.8. The zero-order valence-corrected chi connectivity index (χ0v) is 22.8. The highest BCUT2D eigenvalue weighted by Crippen LogP contribution is 2.18. The number of rotatable bonds is 18. The number of likely N-dealkylation sites (tertiary alicyclic amines) is 1. The number of carbonyl (C=O) groups excluding carboxylic acids is 3. The normalized spacial score (nSPS) is 15.6. The molecule has 40 heavy (non-hydrogen) atoms. The number of esters is 1. The van der Waals surface area contributed by atoms with Crippen LogP contribution in [0.2, 0.25) is 0 Å². The molecule has 2 rings (SSSR count). The maximum Gasteiger partial charge on any atom is 0.323 e.